The molecule has 0 radical (unpaired) electrons. The number of alkyl halides is 3. The highest BCUT2D eigenvalue weighted by Gasteiger charge is 2.45. The smallest absolute Gasteiger partial charge is 0.416 e. The van der Waals surface area contributed by atoms with Crippen molar-refractivity contribution in [3.63, 3.8) is 0 Å². The standard InChI is InChI=1S/C17H18F3NO3/c1-2-3-4-14(16(23)24)21-15(22)13-9-12(13)10-5-7-11(8-6-10)17(18,19)20/h2-3,5-8,12-14H,4,9H2,1H3,(H,21,22)(H,23,24)/b3-2+. The summed E-state index contributed by atoms with van der Waals surface area (Å²) in [5.74, 6) is -2.05. The Balaban J connectivity index is 1.96. The van der Waals surface area contributed by atoms with Crippen molar-refractivity contribution in [1.82, 2.24) is 5.32 Å². The highest BCUT2D eigenvalue weighted by Crippen LogP contribution is 2.48. The van der Waals surface area contributed by atoms with Crippen LogP contribution in [-0.4, -0.2) is 23.0 Å². The number of amides is 1. The maximum Gasteiger partial charge on any atom is 0.416 e. The van der Waals surface area contributed by atoms with Crippen LogP contribution >= 0.6 is 0 Å². The quantitative estimate of drug-likeness (QED) is 0.780. The van der Waals surface area contributed by atoms with Gasteiger partial charge in [0.25, 0.3) is 0 Å². The molecule has 7 heteroatoms. The van der Waals surface area contributed by atoms with Gasteiger partial charge in [0.05, 0.1) is 5.56 Å². The summed E-state index contributed by atoms with van der Waals surface area (Å²) in [6.07, 6.45) is -0.341. The molecule has 4 nitrogen and oxygen atoms in total. The molecule has 1 aromatic rings. The number of hydrogen-bond donors (Lipinski definition) is 2. The summed E-state index contributed by atoms with van der Waals surface area (Å²) in [6, 6.07) is 3.73. The number of benzene rings is 1. The molecule has 24 heavy (non-hydrogen) atoms. The second kappa shape index (κ2) is 7.07. The molecule has 0 saturated heterocycles. The molecule has 130 valence electrons. The third kappa shape index (κ3) is 4.37. The normalized spacial score (nSPS) is 21.5. The fourth-order valence-electron chi connectivity index (χ4n) is 2.54. The molecule has 3 atom stereocenters. The van der Waals surface area contributed by atoms with Crippen molar-refractivity contribution in [1.29, 1.82) is 0 Å². The lowest BCUT2D eigenvalue weighted by Gasteiger charge is -2.12. The SMILES string of the molecule is C/C=C/CC(NC(=O)C1CC1c1ccc(C(F)(F)F)cc1)C(=O)O. The molecule has 0 aliphatic heterocycles. The summed E-state index contributed by atoms with van der Waals surface area (Å²) in [7, 11) is 0. The molecule has 1 saturated carbocycles. The van der Waals surface area contributed by atoms with Crippen molar-refractivity contribution in [2.75, 3.05) is 0 Å². The van der Waals surface area contributed by atoms with E-state index in [4.69, 9.17) is 5.11 Å². The summed E-state index contributed by atoms with van der Waals surface area (Å²) < 4.78 is 37.6. The molecule has 1 amide bonds. The second-order valence-electron chi connectivity index (χ2n) is 5.77. The maximum atomic E-state index is 12.5. The first kappa shape index (κ1) is 18.0. The average Bonchev–Trinajstić information content (AvgIpc) is 3.31. The Morgan fingerprint density at radius 1 is 1.33 bits per heavy atom. The van der Waals surface area contributed by atoms with E-state index < -0.39 is 29.7 Å². The average molecular weight is 341 g/mol. The van der Waals surface area contributed by atoms with E-state index in [1.165, 1.54) is 12.1 Å². The summed E-state index contributed by atoms with van der Waals surface area (Å²) in [5.41, 5.74) is -0.0753. The van der Waals surface area contributed by atoms with Gasteiger partial charge in [-0.05, 0) is 43.4 Å². The van der Waals surface area contributed by atoms with Gasteiger partial charge in [-0.1, -0.05) is 24.3 Å². The lowest BCUT2D eigenvalue weighted by molar-refractivity contribution is -0.142. The van der Waals surface area contributed by atoms with Gasteiger partial charge in [-0.15, -0.1) is 0 Å². The first-order valence-corrected chi connectivity index (χ1v) is 7.55. The van der Waals surface area contributed by atoms with Crippen molar-refractivity contribution in [3.8, 4) is 0 Å². The van der Waals surface area contributed by atoms with Crippen LogP contribution in [0.2, 0.25) is 0 Å². The molecule has 1 aliphatic carbocycles. The Kier molecular flexibility index (Phi) is 5.31. The zero-order chi connectivity index (χ0) is 17.9. The number of hydrogen-bond acceptors (Lipinski definition) is 2. The number of carbonyl (C=O) groups is 2. The Morgan fingerprint density at radius 2 is 1.96 bits per heavy atom. The topological polar surface area (TPSA) is 66.4 Å². The fourth-order valence-corrected chi connectivity index (χ4v) is 2.54. The van der Waals surface area contributed by atoms with E-state index >= 15 is 0 Å². The van der Waals surface area contributed by atoms with Crippen LogP contribution in [0.25, 0.3) is 0 Å². The Labute approximate surface area is 137 Å². The molecule has 0 heterocycles. The van der Waals surface area contributed by atoms with Gasteiger partial charge in [0.1, 0.15) is 6.04 Å². The minimum absolute atomic E-state index is 0.163. The molecule has 3 unspecified atom stereocenters. The highest BCUT2D eigenvalue weighted by atomic mass is 19.4. The molecule has 0 aromatic heterocycles. The van der Waals surface area contributed by atoms with Gasteiger partial charge >= 0.3 is 12.1 Å². The predicted octanol–water partition coefficient (Wildman–Crippen LogP) is 3.34. The fraction of sp³-hybridized carbons (Fsp3) is 0.412. The lowest BCUT2D eigenvalue weighted by Crippen LogP contribution is -2.41. The number of allylic oxidation sites excluding steroid dienone is 1. The molecule has 1 aromatic carbocycles. The number of carbonyl (C=O) groups excluding carboxylic acids is 1. The minimum Gasteiger partial charge on any atom is -0.480 e. The Bertz CT molecular complexity index is 637. The summed E-state index contributed by atoms with van der Waals surface area (Å²) in [5, 5.41) is 11.6. The molecule has 2 N–H and O–H groups in total. The minimum atomic E-state index is -4.39. The van der Waals surface area contributed by atoms with Crippen LogP contribution in [0.5, 0.6) is 0 Å². The van der Waals surface area contributed by atoms with E-state index in [1.807, 2.05) is 0 Å². The van der Waals surface area contributed by atoms with E-state index in [9.17, 15) is 22.8 Å². The molecule has 1 fully saturated rings. The lowest BCUT2D eigenvalue weighted by atomic mass is 10.1. The van der Waals surface area contributed by atoms with E-state index in [0.29, 0.717) is 12.0 Å². The molecular formula is C17H18F3NO3. The third-order valence-corrected chi connectivity index (χ3v) is 4.02. The van der Waals surface area contributed by atoms with Crippen LogP contribution in [-0.2, 0) is 15.8 Å². The van der Waals surface area contributed by atoms with Crippen molar-refractivity contribution < 1.29 is 27.9 Å². The first-order valence-electron chi connectivity index (χ1n) is 7.55. The third-order valence-electron chi connectivity index (χ3n) is 4.02. The van der Waals surface area contributed by atoms with Gasteiger partial charge in [0, 0.05) is 5.92 Å². The molecular weight excluding hydrogens is 323 g/mol. The van der Waals surface area contributed by atoms with E-state index in [0.717, 1.165) is 12.1 Å². The number of carboxylic acids is 1. The monoisotopic (exact) mass is 341 g/mol. The summed E-state index contributed by atoms with van der Waals surface area (Å²) in [4.78, 5) is 23.2. The Hall–Kier alpha value is -2.31. The molecule has 2 rings (SSSR count). The zero-order valence-electron chi connectivity index (χ0n) is 13.0. The number of rotatable bonds is 6. The molecule has 0 spiro atoms. The second-order valence-corrected chi connectivity index (χ2v) is 5.77. The Morgan fingerprint density at radius 3 is 2.46 bits per heavy atom. The number of aliphatic carboxylic acids is 1. The van der Waals surface area contributed by atoms with Gasteiger partial charge in [-0.3, -0.25) is 4.79 Å². The van der Waals surface area contributed by atoms with Crippen LogP contribution in [0.4, 0.5) is 13.2 Å². The maximum absolute atomic E-state index is 12.5. The van der Waals surface area contributed by atoms with Crippen LogP contribution in [0.3, 0.4) is 0 Å². The number of carboxylic acid groups (broad SMARTS) is 1. The van der Waals surface area contributed by atoms with Gasteiger partial charge in [-0.25, -0.2) is 4.79 Å². The zero-order valence-corrected chi connectivity index (χ0v) is 13.0. The summed E-state index contributed by atoms with van der Waals surface area (Å²) >= 11 is 0. The summed E-state index contributed by atoms with van der Waals surface area (Å²) in [6.45, 7) is 1.75. The predicted molar refractivity (Wildman–Crippen MR) is 81.3 cm³/mol. The molecule has 1 aliphatic rings. The number of halogens is 3. The van der Waals surface area contributed by atoms with Crippen molar-refractivity contribution in [2.24, 2.45) is 5.92 Å². The van der Waals surface area contributed by atoms with E-state index in [2.05, 4.69) is 5.32 Å². The van der Waals surface area contributed by atoms with Gasteiger partial charge in [0.15, 0.2) is 0 Å². The van der Waals surface area contributed by atoms with Gasteiger partial charge in [0.2, 0.25) is 5.91 Å². The van der Waals surface area contributed by atoms with Gasteiger partial charge in [-0.2, -0.15) is 13.2 Å². The van der Waals surface area contributed by atoms with Gasteiger partial charge < -0.3 is 10.4 Å². The largest absolute Gasteiger partial charge is 0.480 e. The number of nitrogens with one attached hydrogen (secondary N) is 1. The highest BCUT2D eigenvalue weighted by molar-refractivity contribution is 5.87. The first-order chi connectivity index (χ1) is 11.2. The van der Waals surface area contributed by atoms with Crippen molar-refractivity contribution in [3.05, 3.63) is 47.5 Å². The van der Waals surface area contributed by atoms with Crippen LogP contribution in [0.15, 0.2) is 36.4 Å². The molecule has 0 bridgehead atoms. The van der Waals surface area contributed by atoms with Crippen LogP contribution in [0, 0.1) is 5.92 Å². The van der Waals surface area contributed by atoms with Crippen molar-refractivity contribution >= 4 is 11.9 Å². The van der Waals surface area contributed by atoms with Crippen molar-refractivity contribution in [2.45, 2.75) is 37.9 Å². The van der Waals surface area contributed by atoms with E-state index in [-0.39, 0.29) is 18.2 Å². The van der Waals surface area contributed by atoms with Crippen LogP contribution in [0.1, 0.15) is 36.8 Å². The van der Waals surface area contributed by atoms with Crippen LogP contribution < -0.4 is 5.32 Å². The van der Waals surface area contributed by atoms with E-state index in [1.54, 1.807) is 19.1 Å².